The smallest absolute Gasteiger partial charge is 0.324 e. The van der Waals surface area contributed by atoms with Gasteiger partial charge in [-0.15, -0.1) is 0 Å². The summed E-state index contributed by atoms with van der Waals surface area (Å²) in [7, 11) is -6.18. The molecule has 1 rings (SSSR count). The van der Waals surface area contributed by atoms with E-state index in [1.54, 1.807) is 0 Å². The molecule has 0 fully saturated rings. The number of hydrogen-bond donors (Lipinski definition) is 1. The molecule has 0 saturated heterocycles. The zero-order valence-corrected chi connectivity index (χ0v) is 14.2. The van der Waals surface area contributed by atoms with Crippen LogP contribution in [-0.2, 0) is 24.4 Å². The molecule has 22 heavy (non-hydrogen) atoms. The number of hydrogen-bond acceptors (Lipinski definition) is 9. The first-order valence-electron chi connectivity index (χ1n) is 5.71. The lowest BCUT2D eigenvalue weighted by molar-refractivity contribution is 0.284. The van der Waals surface area contributed by atoms with E-state index < -0.39 is 38.7 Å². The summed E-state index contributed by atoms with van der Waals surface area (Å²) in [5.41, 5.74) is 0. The van der Waals surface area contributed by atoms with Crippen molar-refractivity contribution in [1.29, 1.82) is 0 Å². The van der Waals surface area contributed by atoms with Crippen molar-refractivity contribution in [2.75, 3.05) is 29.3 Å². The summed E-state index contributed by atoms with van der Waals surface area (Å²) in [6, 6.07) is 0. The lowest BCUT2D eigenvalue weighted by Crippen LogP contribution is -2.26. The molecule has 0 aromatic carbocycles. The average molecular weight is 376 g/mol. The van der Waals surface area contributed by atoms with Gasteiger partial charge >= 0.3 is 16.5 Å². The molecule has 0 saturated carbocycles. The normalized spacial score (nSPS) is 12.4. The highest BCUT2D eigenvalue weighted by molar-refractivity contribution is 7.91. The van der Waals surface area contributed by atoms with Crippen LogP contribution in [0.15, 0.2) is 0 Å². The molecule has 1 atom stereocenters. The van der Waals surface area contributed by atoms with Crippen LogP contribution < -0.4 is 4.67 Å². The van der Waals surface area contributed by atoms with Crippen molar-refractivity contribution in [3.05, 3.63) is 11.9 Å². The van der Waals surface area contributed by atoms with E-state index >= 15 is 0 Å². The average Bonchev–Trinajstić information content (AvgIpc) is 2.33. The monoisotopic (exact) mass is 376 g/mol. The van der Waals surface area contributed by atoms with Crippen LogP contribution in [0.5, 0.6) is 0 Å². The number of aromatic nitrogens is 3. The molecule has 0 bridgehead atoms. The van der Waals surface area contributed by atoms with E-state index in [1.165, 1.54) is 11.6 Å². The van der Waals surface area contributed by atoms with Crippen molar-refractivity contribution in [3.8, 4) is 0 Å². The maximum Gasteiger partial charge on any atom is 0.397 e. The van der Waals surface area contributed by atoms with E-state index in [0.717, 1.165) is 0 Å². The molecule has 10 nitrogen and oxygen atoms in total. The van der Waals surface area contributed by atoms with Gasteiger partial charge < -0.3 is 4.67 Å². The van der Waals surface area contributed by atoms with E-state index in [1.807, 2.05) is 0 Å². The van der Waals surface area contributed by atoms with Gasteiger partial charge in [0.2, 0.25) is 5.95 Å². The quantitative estimate of drug-likeness (QED) is 0.450. The van der Waals surface area contributed by atoms with E-state index in [2.05, 4.69) is 28.5 Å². The number of anilines is 1. The first-order valence-corrected chi connectivity index (χ1v) is 9.41. The Hall–Kier alpha value is -1.01. The minimum absolute atomic E-state index is 0.0561. The van der Waals surface area contributed by atoms with E-state index in [9.17, 15) is 21.2 Å². The van der Waals surface area contributed by atoms with Crippen molar-refractivity contribution in [1.82, 2.24) is 15.0 Å². The number of nitrogens with zero attached hydrogens (tertiary/aromatic N) is 4. The highest BCUT2D eigenvalue weighted by Gasteiger charge is 2.16. The summed E-state index contributed by atoms with van der Waals surface area (Å²) in [6.07, 6.45) is -0.987. The molecule has 0 amide bonds. The fourth-order valence-electron chi connectivity index (χ4n) is 1.27. The van der Waals surface area contributed by atoms with Crippen molar-refractivity contribution in [3.63, 3.8) is 0 Å². The Labute approximate surface area is 129 Å². The molecule has 1 heterocycles. The predicted octanol–water partition coefficient (Wildman–Crippen LogP) is -0.850. The van der Waals surface area contributed by atoms with Gasteiger partial charge in [0, 0.05) is 6.54 Å². The molecule has 0 aliphatic rings. The summed E-state index contributed by atoms with van der Waals surface area (Å²) >= 11 is 0. The van der Waals surface area contributed by atoms with Crippen LogP contribution in [-0.4, -0.2) is 61.0 Å². The molecule has 126 valence electrons. The zero-order valence-electron chi connectivity index (χ0n) is 11.4. The second kappa shape index (κ2) is 7.51. The summed E-state index contributed by atoms with van der Waals surface area (Å²) in [6.45, 7) is 0.676. The van der Waals surface area contributed by atoms with Gasteiger partial charge in [0.25, 0.3) is 0 Å². The van der Waals surface area contributed by atoms with Crippen LogP contribution in [0.2, 0.25) is 0 Å². The third-order valence-electron chi connectivity index (χ3n) is 2.23. The molecule has 1 N–H and O–H groups in total. The van der Waals surface area contributed by atoms with Crippen LogP contribution >= 0.6 is 9.39 Å². The first-order chi connectivity index (χ1) is 9.98. The molecule has 0 spiro atoms. The second-order valence-corrected chi connectivity index (χ2v) is 8.06. The van der Waals surface area contributed by atoms with Crippen LogP contribution in [0.25, 0.3) is 0 Å². The van der Waals surface area contributed by atoms with E-state index in [4.69, 9.17) is 4.55 Å². The molecule has 1 aromatic rings. The highest BCUT2D eigenvalue weighted by Crippen LogP contribution is 2.12. The minimum Gasteiger partial charge on any atom is -0.324 e. The number of rotatable bonds is 8. The molecular weight excluding hydrogens is 362 g/mol. The van der Waals surface area contributed by atoms with Gasteiger partial charge in [-0.3, -0.25) is 4.55 Å². The highest BCUT2D eigenvalue weighted by atomic mass is 32.3. The fourth-order valence-corrected chi connectivity index (χ4v) is 3.12. The third-order valence-corrected chi connectivity index (χ3v) is 4.78. The van der Waals surface area contributed by atoms with Crippen molar-refractivity contribution in [2.24, 2.45) is 0 Å². The van der Waals surface area contributed by atoms with Gasteiger partial charge in [0.05, 0.1) is 18.1 Å². The minimum atomic E-state index is -4.68. The maximum atomic E-state index is 13.0. The van der Waals surface area contributed by atoms with Gasteiger partial charge in [-0.05, 0) is 16.3 Å². The zero-order chi connectivity index (χ0) is 17.0. The Balaban J connectivity index is 2.56. The molecule has 14 heteroatoms. The van der Waals surface area contributed by atoms with Gasteiger partial charge in [-0.1, -0.05) is 0 Å². The Bertz CT molecular complexity index is 708. The molecule has 0 aliphatic carbocycles. The van der Waals surface area contributed by atoms with Crippen molar-refractivity contribution < 1.29 is 30.0 Å². The van der Waals surface area contributed by atoms with Crippen LogP contribution in [0.4, 0.5) is 10.3 Å². The third kappa shape index (κ3) is 7.31. The molecule has 0 aliphatic heterocycles. The molecular formula is C8H14FN4O6PS2. The lowest BCUT2D eigenvalue weighted by atomic mass is 10.6. The summed E-state index contributed by atoms with van der Waals surface area (Å²) in [5, 5.41) is 0. The standard InChI is InChI=1S/C8H14FN4O6PS2/c1-6-10-7(9)12-8(11-6)13(20)2-4-21(14,15)5-3-19-22(16,17)18/h2-5,20H2,1H3,(H,16,17,18). The van der Waals surface area contributed by atoms with Crippen LogP contribution in [0, 0.1) is 13.0 Å². The second-order valence-electron chi connectivity index (χ2n) is 4.05. The summed E-state index contributed by atoms with van der Waals surface area (Å²) in [4.78, 5) is 10.6. The van der Waals surface area contributed by atoms with Gasteiger partial charge in [0.1, 0.15) is 5.82 Å². The maximum absolute atomic E-state index is 13.0. The first kappa shape index (κ1) is 19.0. The Morgan fingerprint density at radius 2 is 1.86 bits per heavy atom. The molecule has 1 unspecified atom stereocenters. The van der Waals surface area contributed by atoms with Crippen molar-refractivity contribution >= 4 is 35.6 Å². The number of aryl methyl sites for hydroxylation is 1. The number of halogens is 1. The molecule has 1 aromatic heterocycles. The van der Waals surface area contributed by atoms with Crippen LogP contribution in [0.3, 0.4) is 0 Å². The largest absolute Gasteiger partial charge is 0.397 e. The van der Waals surface area contributed by atoms with Gasteiger partial charge in [-0.2, -0.15) is 27.8 Å². The Morgan fingerprint density at radius 1 is 1.23 bits per heavy atom. The van der Waals surface area contributed by atoms with Gasteiger partial charge in [-0.25, -0.2) is 12.6 Å². The van der Waals surface area contributed by atoms with E-state index in [0.29, 0.717) is 0 Å². The summed E-state index contributed by atoms with van der Waals surface area (Å²) in [5.74, 6) is -0.896. The predicted molar refractivity (Wildman–Crippen MR) is 77.7 cm³/mol. The Morgan fingerprint density at radius 3 is 2.41 bits per heavy atom. The SMILES string of the molecule is Cc1nc(F)nc(N(P)CCS(=O)(=O)CCOS(=O)(=O)O)n1. The summed E-state index contributed by atoms with van der Waals surface area (Å²) < 4.78 is 70.5. The lowest BCUT2D eigenvalue weighted by Gasteiger charge is -2.16. The van der Waals surface area contributed by atoms with E-state index in [-0.39, 0.29) is 24.1 Å². The molecule has 0 radical (unpaired) electrons. The fraction of sp³-hybridized carbons (Fsp3) is 0.625. The van der Waals surface area contributed by atoms with Gasteiger partial charge in [0.15, 0.2) is 9.84 Å². The topological polar surface area (TPSA) is 140 Å². The van der Waals surface area contributed by atoms with Crippen molar-refractivity contribution in [2.45, 2.75) is 6.92 Å². The van der Waals surface area contributed by atoms with Crippen LogP contribution in [0.1, 0.15) is 5.82 Å². The Kier molecular flexibility index (Phi) is 6.50. The number of sulfone groups is 1.